The minimum Gasteiger partial charge on any atom is -0.339 e. The molecule has 2 rings (SSSR count). The fourth-order valence-electron chi connectivity index (χ4n) is 2.07. The summed E-state index contributed by atoms with van der Waals surface area (Å²) in [6, 6.07) is 6.45. The second-order valence-electron chi connectivity index (χ2n) is 4.86. The van der Waals surface area contributed by atoms with Crippen molar-refractivity contribution in [2.24, 2.45) is 5.73 Å². The number of halogens is 1. The molecule has 0 radical (unpaired) electrons. The number of rotatable bonds is 8. The molecular weight excluding hydrogens is 257 g/mol. The number of hydrogen-bond acceptors (Lipinski definition) is 4. The maximum atomic E-state index is 13.1. The van der Waals surface area contributed by atoms with Gasteiger partial charge in [0.25, 0.3) is 0 Å². The molecule has 0 saturated carbocycles. The fourth-order valence-corrected chi connectivity index (χ4v) is 2.07. The van der Waals surface area contributed by atoms with Crippen molar-refractivity contribution in [1.29, 1.82) is 0 Å². The Bertz CT molecular complexity index is 527. The summed E-state index contributed by atoms with van der Waals surface area (Å²) < 4.78 is 18.3. The van der Waals surface area contributed by atoms with Gasteiger partial charge in [0, 0.05) is 12.8 Å². The summed E-state index contributed by atoms with van der Waals surface area (Å²) in [7, 11) is 0. The minimum absolute atomic E-state index is 0.244. The van der Waals surface area contributed by atoms with Gasteiger partial charge in [0.15, 0.2) is 5.82 Å². The number of aromatic nitrogens is 2. The van der Waals surface area contributed by atoms with E-state index in [4.69, 9.17) is 10.3 Å². The van der Waals surface area contributed by atoms with E-state index in [0.717, 1.165) is 44.2 Å². The Hall–Kier alpha value is -1.75. The van der Waals surface area contributed by atoms with Gasteiger partial charge in [-0.25, -0.2) is 4.39 Å². The molecule has 0 bridgehead atoms. The van der Waals surface area contributed by atoms with Crippen LogP contribution in [0.5, 0.6) is 0 Å². The normalized spacial score (nSPS) is 10.9. The van der Waals surface area contributed by atoms with Crippen LogP contribution in [-0.2, 0) is 12.8 Å². The molecule has 0 atom stereocenters. The zero-order chi connectivity index (χ0) is 14.2. The van der Waals surface area contributed by atoms with E-state index in [-0.39, 0.29) is 5.82 Å². The number of unbranched alkanes of at least 4 members (excludes halogenated alkanes) is 3. The van der Waals surface area contributed by atoms with Crippen LogP contribution in [0.3, 0.4) is 0 Å². The van der Waals surface area contributed by atoms with Crippen molar-refractivity contribution < 1.29 is 8.91 Å². The maximum Gasteiger partial charge on any atom is 0.226 e. The van der Waals surface area contributed by atoms with Crippen molar-refractivity contribution >= 4 is 0 Å². The second kappa shape index (κ2) is 7.75. The summed E-state index contributed by atoms with van der Waals surface area (Å²) in [5, 5.41) is 3.93. The van der Waals surface area contributed by atoms with Gasteiger partial charge < -0.3 is 10.3 Å². The van der Waals surface area contributed by atoms with Gasteiger partial charge >= 0.3 is 0 Å². The minimum atomic E-state index is -0.244. The van der Waals surface area contributed by atoms with Gasteiger partial charge in [-0.2, -0.15) is 4.98 Å². The smallest absolute Gasteiger partial charge is 0.226 e. The predicted molar refractivity (Wildman–Crippen MR) is 74.7 cm³/mol. The van der Waals surface area contributed by atoms with Crippen LogP contribution in [0, 0.1) is 5.82 Å². The lowest BCUT2D eigenvalue weighted by molar-refractivity contribution is 0.369. The van der Waals surface area contributed by atoms with E-state index in [0.29, 0.717) is 18.1 Å². The lowest BCUT2D eigenvalue weighted by Crippen LogP contribution is -1.98. The third-order valence-electron chi connectivity index (χ3n) is 3.11. The van der Waals surface area contributed by atoms with E-state index in [1.54, 1.807) is 6.07 Å². The van der Waals surface area contributed by atoms with Crippen LogP contribution in [0.15, 0.2) is 28.8 Å². The van der Waals surface area contributed by atoms with E-state index in [2.05, 4.69) is 10.1 Å². The van der Waals surface area contributed by atoms with E-state index < -0.39 is 0 Å². The van der Waals surface area contributed by atoms with Crippen LogP contribution in [0.1, 0.15) is 43.0 Å². The first-order valence-corrected chi connectivity index (χ1v) is 7.04. The Morgan fingerprint density at radius 1 is 1.15 bits per heavy atom. The molecule has 2 aromatic rings. The van der Waals surface area contributed by atoms with Gasteiger partial charge in [-0.1, -0.05) is 30.1 Å². The van der Waals surface area contributed by atoms with E-state index in [1.165, 1.54) is 12.1 Å². The van der Waals surface area contributed by atoms with Gasteiger partial charge in [0.05, 0.1) is 0 Å². The lowest BCUT2D eigenvalue weighted by Gasteiger charge is -1.96. The van der Waals surface area contributed by atoms with E-state index in [1.807, 2.05) is 6.07 Å². The molecule has 2 N–H and O–H groups in total. The Morgan fingerprint density at radius 2 is 2.00 bits per heavy atom. The first-order chi connectivity index (χ1) is 9.78. The third kappa shape index (κ3) is 4.74. The summed E-state index contributed by atoms with van der Waals surface area (Å²) >= 11 is 0. The fraction of sp³-hybridized carbons (Fsp3) is 0.467. The summed E-state index contributed by atoms with van der Waals surface area (Å²) in [6.45, 7) is 0.748. The molecule has 0 amide bonds. The molecule has 5 heteroatoms. The van der Waals surface area contributed by atoms with Crippen molar-refractivity contribution in [1.82, 2.24) is 10.1 Å². The number of nitrogens with zero attached hydrogens (tertiary/aromatic N) is 2. The second-order valence-corrected chi connectivity index (χ2v) is 4.86. The molecule has 1 heterocycles. The zero-order valence-corrected chi connectivity index (χ0v) is 11.5. The average molecular weight is 277 g/mol. The molecule has 0 aliphatic carbocycles. The molecule has 0 unspecified atom stereocenters. The number of nitrogens with two attached hydrogens (primary N) is 1. The Balaban J connectivity index is 1.80. The van der Waals surface area contributed by atoms with Gasteiger partial charge in [0.1, 0.15) is 5.82 Å². The summed E-state index contributed by atoms with van der Waals surface area (Å²) in [4.78, 5) is 4.33. The first-order valence-electron chi connectivity index (χ1n) is 7.04. The molecule has 0 fully saturated rings. The Labute approximate surface area is 118 Å². The molecule has 4 nitrogen and oxygen atoms in total. The Morgan fingerprint density at radius 3 is 2.80 bits per heavy atom. The van der Waals surface area contributed by atoms with Crippen LogP contribution >= 0.6 is 0 Å². The molecule has 0 aliphatic heterocycles. The molecule has 0 saturated heterocycles. The largest absolute Gasteiger partial charge is 0.339 e. The molecule has 1 aromatic heterocycles. The zero-order valence-electron chi connectivity index (χ0n) is 11.5. The van der Waals surface area contributed by atoms with Crippen LogP contribution in [0.4, 0.5) is 4.39 Å². The first kappa shape index (κ1) is 14.7. The highest BCUT2D eigenvalue weighted by atomic mass is 19.1. The number of aryl methyl sites for hydroxylation is 1. The van der Waals surface area contributed by atoms with E-state index >= 15 is 0 Å². The lowest BCUT2D eigenvalue weighted by atomic mass is 10.1. The molecular formula is C15H20FN3O. The Kier molecular flexibility index (Phi) is 5.68. The van der Waals surface area contributed by atoms with Gasteiger partial charge in [-0.3, -0.25) is 0 Å². The molecule has 1 aromatic carbocycles. The van der Waals surface area contributed by atoms with Crippen LogP contribution in [0.25, 0.3) is 0 Å². The molecule has 20 heavy (non-hydrogen) atoms. The van der Waals surface area contributed by atoms with Crippen LogP contribution < -0.4 is 5.73 Å². The highest BCUT2D eigenvalue weighted by Gasteiger charge is 2.07. The van der Waals surface area contributed by atoms with Gasteiger partial charge in [-0.15, -0.1) is 0 Å². The van der Waals surface area contributed by atoms with Crippen molar-refractivity contribution in [2.75, 3.05) is 6.54 Å². The summed E-state index contributed by atoms with van der Waals surface area (Å²) in [5.74, 6) is 1.02. The van der Waals surface area contributed by atoms with E-state index in [9.17, 15) is 4.39 Å². The van der Waals surface area contributed by atoms with Crippen molar-refractivity contribution in [3.8, 4) is 0 Å². The topological polar surface area (TPSA) is 64.9 Å². The number of benzene rings is 1. The van der Waals surface area contributed by atoms with Crippen molar-refractivity contribution in [3.63, 3.8) is 0 Å². The van der Waals surface area contributed by atoms with Crippen LogP contribution in [0.2, 0.25) is 0 Å². The number of hydrogen-bond donors (Lipinski definition) is 1. The SMILES string of the molecule is NCCCCCCc1nc(Cc2cccc(F)c2)no1. The summed E-state index contributed by atoms with van der Waals surface area (Å²) in [6.07, 6.45) is 5.64. The standard InChI is InChI=1S/C15H20FN3O/c16-13-7-5-6-12(10-13)11-14-18-15(20-19-14)8-3-1-2-4-9-17/h5-7,10H,1-4,8-9,11,17H2. The van der Waals surface area contributed by atoms with Gasteiger partial charge in [-0.05, 0) is 37.1 Å². The predicted octanol–water partition coefficient (Wildman–Crippen LogP) is 2.86. The molecule has 0 spiro atoms. The maximum absolute atomic E-state index is 13.1. The van der Waals surface area contributed by atoms with Crippen LogP contribution in [-0.4, -0.2) is 16.7 Å². The van der Waals surface area contributed by atoms with Crippen molar-refractivity contribution in [3.05, 3.63) is 47.4 Å². The monoisotopic (exact) mass is 277 g/mol. The molecule has 108 valence electrons. The summed E-state index contributed by atoms with van der Waals surface area (Å²) in [5.41, 5.74) is 6.29. The van der Waals surface area contributed by atoms with Gasteiger partial charge in [0.2, 0.25) is 5.89 Å². The third-order valence-corrected chi connectivity index (χ3v) is 3.11. The molecule has 0 aliphatic rings. The highest BCUT2D eigenvalue weighted by Crippen LogP contribution is 2.10. The van der Waals surface area contributed by atoms with Crippen molar-refractivity contribution in [2.45, 2.75) is 38.5 Å². The highest BCUT2D eigenvalue weighted by molar-refractivity contribution is 5.19. The average Bonchev–Trinajstić information content (AvgIpc) is 2.86. The quantitative estimate of drug-likeness (QED) is 0.753.